The van der Waals surface area contributed by atoms with Crippen molar-refractivity contribution >= 4 is 5.91 Å². The summed E-state index contributed by atoms with van der Waals surface area (Å²) in [5.41, 5.74) is 1.55. The second kappa shape index (κ2) is 7.11. The van der Waals surface area contributed by atoms with Crippen molar-refractivity contribution in [3.8, 4) is 0 Å². The Balaban J connectivity index is 2.66. The number of pyridine rings is 1. The molecule has 1 heterocycles. The Morgan fingerprint density at radius 1 is 1.44 bits per heavy atom. The Kier molecular flexibility index (Phi) is 5.78. The molecular weight excluding hydrogens is 228 g/mol. The Labute approximate surface area is 108 Å². The summed E-state index contributed by atoms with van der Waals surface area (Å²) in [5, 5.41) is 11.8. The number of nitrogens with zero attached hydrogens (tertiary/aromatic N) is 1. The average Bonchev–Trinajstić information content (AvgIpc) is 2.38. The summed E-state index contributed by atoms with van der Waals surface area (Å²) >= 11 is 0. The lowest BCUT2D eigenvalue weighted by Crippen LogP contribution is -2.35. The number of aliphatic hydroxyl groups excluding tert-OH is 1. The van der Waals surface area contributed by atoms with Crippen LogP contribution in [-0.2, 0) is 0 Å². The number of aromatic nitrogens is 1. The largest absolute Gasteiger partial charge is 0.396 e. The molecule has 4 heteroatoms. The minimum Gasteiger partial charge on any atom is -0.396 e. The normalized spacial score (nSPS) is 12.5. The molecule has 0 aliphatic carbocycles. The smallest absolute Gasteiger partial charge is 0.253 e. The van der Waals surface area contributed by atoms with E-state index in [1.165, 1.54) is 0 Å². The molecule has 2 N–H and O–H groups in total. The Morgan fingerprint density at radius 2 is 2.17 bits per heavy atom. The van der Waals surface area contributed by atoms with E-state index < -0.39 is 0 Å². The molecule has 100 valence electrons. The molecule has 0 aliphatic heterocycles. The molecule has 18 heavy (non-hydrogen) atoms. The van der Waals surface area contributed by atoms with Crippen LogP contribution in [0.25, 0.3) is 0 Å². The molecule has 0 bridgehead atoms. The molecule has 0 aromatic carbocycles. The van der Waals surface area contributed by atoms with E-state index in [0.717, 1.165) is 12.1 Å². The van der Waals surface area contributed by atoms with Gasteiger partial charge < -0.3 is 10.4 Å². The van der Waals surface area contributed by atoms with Crippen molar-refractivity contribution in [1.29, 1.82) is 0 Å². The topological polar surface area (TPSA) is 62.2 Å². The number of aliphatic hydroxyl groups is 1. The van der Waals surface area contributed by atoms with Gasteiger partial charge in [-0.15, -0.1) is 0 Å². The van der Waals surface area contributed by atoms with Gasteiger partial charge in [0.15, 0.2) is 0 Å². The van der Waals surface area contributed by atoms with E-state index in [1.807, 2.05) is 13.0 Å². The summed E-state index contributed by atoms with van der Waals surface area (Å²) in [6, 6.07) is 3.70. The van der Waals surface area contributed by atoms with Crippen LogP contribution in [0.1, 0.15) is 55.6 Å². The van der Waals surface area contributed by atoms with Crippen molar-refractivity contribution in [1.82, 2.24) is 10.3 Å². The van der Waals surface area contributed by atoms with Gasteiger partial charge in [0, 0.05) is 24.5 Å². The predicted molar refractivity (Wildman–Crippen MR) is 71.6 cm³/mol. The SMILES string of the molecule is CCC(CCO)NC(=O)c1ccc(C(C)C)nc1. The van der Waals surface area contributed by atoms with Gasteiger partial charge in [0.25, 0.3) is 5.91 Å². The number of carbonyl (C=O) groups is 1. The lowest BCUT2D eigenvalue weighted by Gasteiger charge is -2.15. The molecule has 1 unspecified atom stereocenters. The van der Waals surface area contributed by atoms with Gasteiger partial charge in [0.05, 0.1) is 5.56 Å². The van der Waals surface area contributed by atoms with E-state index in [4.69, 9.17) is 5.11 Å². The minimum absolute atomic E-state index is 0.0206. The molecular formula is C14H22N2O2. The van der Waals surface area contributed by atoms with E-state index >= 15 is 0 Å². The summed E-state index contributed by atoms with van der Waals surface area (Å²) in [7, 11) is 0. The fourth-order valence-electron chi connectivity index (χ4n) is 1.68. The van der Waals surface area contributed by atoms with Gasteiger partial charge in [-0.2, -0.15) is 0 Å². The van der Waals surface area contributed by atoms with Crippen molar-refractivity contribution in [2.75, 3.05) is 6.61 Å². The van der Waals surface area contributed by atoms with Crippen molar-refractivity contribution in [2.45, 2.75) is 45.6 Å². The summed E-state index contributed by atoms with van der Waals surface area (Å²) in [6.45, 7) is 6.21. The zero-order valence-corrected chi connectivity index (χ0v) is 11.3. The molecule has 0 fully saturated rings. The van der Waals surface area contributed by atoms with Gasteiger partial charge >= 0.3 is 0 Å². The van der Waals surface area contributed by atoms with Gasteiger partial charge in [-0.05, 0) is 30.9 Å². The zero-order valence-electron chi connectivity index (χ0n) is 11.3. The second-order valence-electron chi connectivity index (χ2n) is 4.72. The number of hydrogen-bond donors (Lipinski definition) is 2. The highest BCUT2D eigenvalue weighted by Gasteiger charge is 2.12. The summed E-state index contributed by atoms with van der Waals surface area (Å²) in [4.78, 5) is 16.2. The quantitative estimate of drug-likeness (QED) is 0.812. The third-order valence-electron chi connectivity index (χ3n) is 2.95. The molecule has 1 amide bonds. The predicted octanol–water partition coefficient (Wildman–Crippen LogP) is 2.10. The number of hydrogen-bond acceptors (Lipinski definition) is 3. The summed E-state index contributed by atoms with van der Waals surface area (Å²) < 4.78 is 0. The van der Waals surface area contributed by atoms with E-state index in [0.29, 0.717) is 17.9 Å². The van der Waals surface area contributed by atoms with Crippen LogP contribution in [0.5, 0.6) is 0 Å². The van der Waals surface area contributed by atoms with Gasteiger partial charge in [0.2, 0.25) is 0 Å². The lowest BCUT2D eigenvalue weighted by atomic mass is 10.1. The maximum Gasteiger partial charge on any atom is 0.253 e. The molecule has 0 saturated carbocycles. The van der Waals surface area contributed by atoms with Crippen LogP contribution in [0.15, 0.2) is 18.3 Å². The van der Waals surface area contributed by atoms with Gasteiger partial charge in [0.1, 0.15) is 0 Å². The number of amides is 1. The van der Waals surface area contributed by atoms with Gasteiger partial charge in [-0.3, -0.25) is 9.78 Å². The van der Waals surface area contributed by atoms with Gasteiger partial charge in [-0.1, -0.05) is 20.8 Å². The molecule has 0 spiro atoms. The molecule has 1 atom stereocenters. The van der Waals surface area contributed by atoms with Crippen LogP contribution in [-0.4, -0.2) is 28.6 Å². The first-order chi connectivity index (χ1) is 8.58. The van der Waals surface area contributed by atoms with E-state index in [-0.39, 0.29) is 18.6 Å². The molecule has 1 aromatic heterocycles. The fraction of sp³-hybridized carbons (Fsp3) is 0.571. The first-order valence-electron chi connectivity index (χ1n) is 6.46. The highest BCUT2D eigenvalue weighted by Crippen LogP contribution is 2.11. The Bertz CT molecular complexity index is 374. The number of nitrogens with one attached hydrogen (secondary N) is 1. The highest BCUT2D eigenvalue weighted by molar-refractivity contribution is 5.94. The highest BCUT2D eigenvalue weighted by atomic mass is 16.3. The minimum atomic E-state index is -0.127. The molecule has 1 rings (SSSR count). The molecule has 0 saturated heterocycles. The van der Waals surface area contributed by atoms with Crippen LogP contribution in [0.2, 0.25) is 0 Å². The first kappa shape index (κ1) is 14.6. The lowest BCUT2D eigenvalue weighted by molar-refractivity contribution is 0.0928. The average molecular weight is 250 g/mol. The maximum atomic E-state index is 11.9. The van der Waals surface area contributed by atoms with Crippen LogP contribution in [0, 0.1) is 0 Å². The van der Waals surface area contributed by atoms with Gasteiger partial charge in [-0.25, -0.2) is 0 Å². The monoisotopic (exact) mass is 250 g/mol. The maximum absolute atomic E-state index is 11.9. The van der Waals surface area contributed by atoms with Crippen molar-refractivity contribution in [3.05, 3.63) is 29.6 Å². The summed E-state index contributed by atoms with van der Waals surface area (Å²) in [5.74, 6) is 0.234. The van der Waals surface area contributed by atoms with Crippen LogP contribution < -0.4 is 5.32 Å². The third kappa shape index (κ3) is 4.11. The first-order valence-corrected chi connectivity index (χ1v) is 6.46. The van der Waals surface area contributed by atoms with E-state index in [9.17, 15) is 4.79 Å². The van der Waals surface area contributed by atoms with Crippen LogP contribution in [0.4, 0.5) is 0 Å². The van der Waals surface area contributed by atoms with Crippen molar-refractivity contribution in [2.24, 2.45) is 0 Å². The van der Waals surface area contributed by atoms with E-state index in [1.54, 1.807) is 12.3 Å². The fourth-order valence-corrected chi connectivity index (χ4v) is 1.68. The standard InChI is InChI=1S/C14H22N2O2/c1-4-12(7-8-17)16-14(18)11-5-6-13(10(2)3)15-9-11/h5-6,9-10,12,17H,4,7-8H2,1-3H3,(H,16,18). The third-order valence-corrected chi connectivity index (χ3v) is 2.95. The van der Waals surface area contributed by atoms with Crippen molar-refractivity contribution < 1.29 is 9.90 Å². The van der Waals surface area contributed by atoms with Crippen molar-refractivity contribution in [3.63, 3.8) is 0 Å². The second-order valence-corrected chi connectivity index (χ2v) is 4.72. The molecule has 1 aromatic rings. The zero-order chi connectivity index (χ0) is 13.5. The molecule has 0 radical (unpaired) electrons. The number of carbonyl (C=O) groups excluding carboxylic acids is 1. The Hall–Kier alpha value is -1.42. The van der Waals surface area contributed by atoms with Crippen LogP contribution in [0.3, 0.4) is 0 Å². The Morgan fingerprint density at radius 3 is 2.61 bits per heavy atom. The molecule has 4 nitrogen and oxygen atoms in total. The van der Waals surface area contributed by atoms with E-state index in [2.05, 4.69) is 24.1 Å². The number of rotatable bonds is 6. The molecule has 0 aliphatic rings. The summed E-state index contributed by atoms with van der Waals surface area (Å²) in [6.07, 6.45) is 3.00. The van der Waals surface area contributed by atoms with Crippen LogP contribution >= 0.6 is 0 Å².